The van der Waals surface area contributed by atoms with Crippen LogP contribution in [0.2, 0.25) is 0 Å². The van der Waals surface area contributed by atoms with Gasteiger partial charge in [0.2, 0.25) is 5.91 Å². The molecule has 16 heavy (non-hydrogen) atoms. The Morgan fingerprint density at radius 1 is 1.44 bits per heavy atom. The molecule has 0 saturated carbocycles. The van der Waals surface area contributed by atoms with E-state index in [-0.39, 0.29) is 11.8 Å². The highest BCUT2D eigenvalue weighted by Gasteiger charge is 2.04. The van der Waals surface area contributed by atoms with Crippen LogP contribution < -0.4 is 10.1 Å². The number of rotatable bonds is 5. The predicted molar refractivity (Wildman–Crippen MR) is 64.5 cm³/mol. The van der Waals surface area contributed by atoms with Gasteiger partial charge in [-0.25, -0.2) is 0 Å². The minimum atomic E-state index is 0.0268. The number of carbonyl (C=O) groups is 1. The van der Waals surface area contributed by atoms with Crippen molar-refractivity contribution in [3.8, 4) is 5.75 Å². The van der Waals surface area contributed by atoms with Crippen LogP contribution in [0.5, 0.6) is 5.75 Å². The first kappa shape index (κ1) is 12.6. The Kier molecular flexibility index (Phi) is 4.83. The molecule has 0 radical (unpaired) electrons. The maximum absolute atomic E-state index is 11.2. The fourth-order valence-corrected chi connectivity index (χ4v) is 1.25. The summed E-state index contributed by atoms with van der Waals surface area (Å²) < 4.78 is 5.50. The van der Waals surface area contributed by atoms with Crippen LogP contribution in [0.25, 0.3) is 0 Å². The van der Waals surface area contributed by atoms with Gasteiger partial charge in [-0.1, -0.05) is 26.0 Å². The highest BCUT2D eigenvalue weighted by molar-refractivity contribution is 5.77. The first-order valence-electron chi connectivity index (χ1n) is 5.57. The second kappa shape index (κ2) is 6.16. The molecule has 3 nitrogen and oxygen atoms in total. The maximum atomic E-state index is 11.2. The summed E-state index contributed by atoms with van der Waals surface area (Å²) in [5.41, 5.74) is 1.17. The molecule has 0 saturated heterocycles. The third kappa shape index (κ3) is 4.34. The van der Waals surface area contributed by atoms with Crippen molar-refractivity contribution in [1.82, 2.24) is 5.32 Å². The summed E-state index contributed by atoms with van der Waals surface area (Å²) in [6, 6.07) is 7.87. The van der Waals surface area contributed by atoms with E-state index in [2.05, 4.69) is 5.32 Å². The number of ether oxygens (including phenoxy) is 1. The van der Waals surface area contributed by atoms with Crippen molar-refractivity contribution in [3.05, 3.63) is 29.8 Å². The van der Waals surface area contributed by atoms with Gasteiger partial charge in [-0.3, -0.25) is 4.79 Å². The first-order chi connectivity index (χ1) is 7.59. The normalized spacial score (nSPS) is 10.2. The second-order valence-electron chi connectivity index (χ2n) is 4.11. The van der Waals surface area contributed by atoms with E-state index in [9.17, 15) is 4.79 Å². The molecule has 0 heterocycles. The van der Waals surface area contributed by atoms with Gasteiger partial charge >= 0.3 is 0 Å². The molecule has 0 fully saturated rings. The molecule has 0 aliphatic heterocycles. The second-order valence-corrected chi connectivity index (χ2v) is 4.11. The Hall–Kier alpha value is -1.51. The Morgan fingerprint density at radius 3 is 2.81 bits per heavy atom. The van der Waals surface area contributed by atoms with Crippen LogP contribution in [0, 0.1) is 12.8 Å². The topological polar surface area (TPSA) is 38.3 Å². The fraction of sp³-hybridized carbons (Fsp3) is 0.462. The van der Waals surface area contributed by atoms with E-state index < -0.39 is 0 Å². The van der Waals surface area contributed by atoms with Crippen LogP contribution in [0.3, 0.4) is 0 Å². The predicted octanol–water partition coefficient (Wildman–Crippen LogP) is 2.15. The lowest BCUT2D eigenvalue weighted by molar-refractivity contribution is -0.124. The molecular weight excluding hydrogens is 202 g/mol. The highest BCUT2D eigenvalue weighted by Crippen LogP contribution is 2.11. The van der Waals surface area contributed by atoms with Gasteiger partial charge in [0, 0.05) is 5.92 Å². The Balaban J connectivity index is 2.23. The zero-order valence-corrected chi connectivity index (χ0v) is 10.1. The molecule has 0 atom stereocenters. The molecule has 1 aromatic rings. The number of carbonyl (C=O) groups excluding carboxylic acids is 1. The Bertz CT molecular complexity index is 348. The lowest BCUT2D eigenvalue weighted by atomic mass is 10.2. The molecule has 0 aliphatic rings. The number of hydrogen-bond donors (Lipinski definition) is 1. The molecule has 3 heteroatoms. The van der Waals surface area contributed by atoms with E-state index >= 15 is 0 Å². The third-order valence-electron chi connectivity index (χ3n) is 2.18. The van der Waals surface area contributed by atoms with E-state index in [0.29, 0.717) is 13.2 Å². The third-order valence-corrected chi connectivity index (χ3v) is 2.18. The zero-order valence-electron chi connectivity index (χ0n) is 10.1. The smallest absolute Gasteiger partial charge is 0.222 e. The Labute approximate surface area is 96.8 Å². The van der Waals surface area contributed by atoms with E-state index in [0.717, 1.165) is 5.75 Å². The van der Waals surface area contributed by atoms with Crippen LogP contribution in [-0.2, 0) is 4.79 Å². The fourth-order valence-electron chi connectivity index (χ4n) is 1.25. The van der Waals surface area contributed by atoms with Crippen molar-refractivity contribution in [2.45, 2.75) is 20.8 Å². The van der Waals surface area contributed by atoms with Crippen LogP contribution in [0.4, 0.5) is 0 Å². The van der Waals surface area contributed by atoms with Gasteiger partial charge in [-0.15, -0.1) is 0 Å². The first-order valence-corrected chi connectivity index (χ1v) is 5.57. The van der Waals surface area contributed by atoms with Gasteiger partial charge in [0.05, 0.1) is 6.54 Å². The monoisotopic (exact) mass is 221 g/mol. The molecule has 0 spiro atoms. The van der Waals surface area contributed by atoms with E-state index in [1.54, 1.807) is 0 Å². The van der Waals surface area contributed by atoms with Gasteiger partial charge in [0.1, 0.15) is 12.4 Å². The minimum Gasteiger partial charge on any atom is -0.492 e. The van der Waals surface area contributed by atoms with Crippen LogP contribution >= 0.6 is 0 Å². The average molecular weight is 221 g/mol. The lowest BCUT2D eigenvalue weighted by Crippen LogP contribution is -2.31. The molecule has 88 valence electrons. The van der Waals surface area contributed by atoms with Crippen molar-refractivity contribution in [2.24, 2.45) is 5.92 Å². The molecule has 1 rings (SSSR count). The molecule has 0 bridgehead atoms. The van der Waals surface area contributed by atoms with Gasteiger partial charge in [0.15, 0.2) is 0 Å². The molecule has 1 aromatic carbocycles. The van der Waals surface area contributed by atoms with Crippen molar-refractivity contribution < 1.29 is 9.53 Å². The summed E-state index contributed by atoms with van der Waals surface area (Å²) in [6.07, 6.45) is 0. The molecule has 0 aromatic heterocycles. The van der Waals surface area contributed by atoms with Crippen LogP contribution in [0.1, 0.15) is 19.4 Å². The van der Waals surface area contributed by atoms with E-state index in [1.807, 2.05) is 45.0 Å². The summed E-state index contributed by atoms with van der Waals surface area (Å²) in [4.78, 5) is 11.2. The minimum absolute atomic E-state index is 0.0268. The number of nitrogens with one attached hydrogen (secondary N) is 1. The SMILES string of the molecule is Cc1cccc(OCCNC(=O)C(C)C)c1. The number of aryl methyl sites for hydroxylation is 1. The molecule has 0 unspecified atom stereocenters. The summed E-state index contributed by atoms with van der Waals surface area (Å²) >= 11 is 0. The molecular formula is C13H19NO2. The molecule has 0 aliphatic carbocycles. The number of benzene rings is 1. The van der Waals surface area contributed by atoms with Crippen molar-refractivity contribution in [1.29, 1.82) is 0 Å². The van der Waals surface area contributed by atoms with E-state index in [4.69, 9.17) is 4.74 Å². The summed E-state index contributed by atoms with van der Waals surface area (Å²) in [7, 11) is 0. The standard InChI is InChI=1S/C13H19NO2/c1-10(2)13(15)14-7-8-16-12-6-4-5-11(3)9-12/h4-6,9-10H,7-8H2,1-3H3,(H,14,15). The Morgan fingerprint density at radius 2 is 2.19 bits per heavy atom. The van der Waals surface area contributed by atoms with Gasteiger partial charge in [-0.2, -0.15) is 0 Å². The number of hydrogen-bond acceptors (Lipinski definition) is 2. The van der Waals surface area contributed by atoms with Gasteiger partial charge < -0.3 is 10.1 Å². The highest BCUT2D eigenvalue weighted by atomic mass is 16.5. The zero-order chi connectivity index (χ0) is 12.0. The summed E-state index contributed by atoms with van der Waals surface area (Å²) in [6.45, 7) is 6.81. The summed E-state index contributed by atoms with van der Waals surface area (Å²) in [5.74, 6) is 0.936. The summed E-state index contributed by atoms with van der Waals surface area (Å²) in [5, 5.41) is 2.80. The maximum Gasteiger partial charge on any atom is 0.222 e. The van der Waals surface area contributed by atoms with Crippen LogP contribution in [0.15, 0.2) is 24.3 Å². The molecule has 1 amide bonds. The van der Waals surface area contributed by atoms with Gasteiger partial charge in [-0.05, 0) is 24.6 Å². The van der Waals surface area contributed by atoms with Crippen LogP contribution in [-0.4, -0.2) is 19.1 Å². The van der Waals surface area contributed by atoms with Crippen molar-refractivity contribution in [3.63, 3.8) is 0 Å². The number of amides is 1. The lowest BCUT2D eigenvalue weighted by Gasteiger charge is -2.09. The average Bonchev–Trinajstić information content (AvgIpc) is 2.24. The molecule has 1 N–H and O–H groups in total. The van der Waals surface area contributed by atoms with Crippen molar-refractivity contribution >= 4 is 5.91 Å². The quantitative estimate of drug-likeness (QED) is 0.774. The van der Waals surface area contributed by atoms with Crippen molar-refractivity contribution in [2.75, 3.05) is 13.2 Å². The largest absolute Gasteiger partial charge is 0.492 e. The van der Waals surface area contributed by atoms with E-state index in [1.165, 1.54) is 5.56 Å². The van der Waals surface area contributed by atoms with Gasteiger partial charge in [0.25, 0.3) is 0 Å².